The Morgan fingerprint density at radius 3 is 2.68 bits per heavy atom. The molecule has 0 atom stereocenters. The van der Waals surface area contributed by atoms with E-state index in [0.29, 0.717) is 41.3 Å². The molecule has 1 fully saturated rings. The molecule has 2 aliphatic heterocycles. The van der Waals surface area contributed by atoms with Crippen LogP contribution in [0.2, 0.25) is 0 Å². The van der Waals surface area contributed by atoms with Crippen molar-refractivity contribution >= 4 is 32.6 Å². The number of anilines is 1. The van der Waals surface area contributed by atoms with E-state index in [-0.39, 0.29) is 17.4 Å². The van der Waals surface area contributed by atoms with E-state index in [2.05, 4.69) is 25.1 Å². The number of carbonyl (C=O) groups excluding carboxylic acids is 1. The number of hydrogen-bond donors (Lipinski definition) is 2. The van der Waals surface area contributed by atoms with E-state index in [4.69, 9.17) is 4.74 Å². The van der Waals surface area contributed by atoms with E-state index in [0.717, 1.165) is 0 Å². The van der Waals surface area contributed by atoms with E-state index in [1.165, 1.54) is 30.6 Å². The van der Waals surface area contributed by atoms with Gasteiger partial charge in [-0.15, -0.1) is 8.78 Å². The van der Waals surface area contributed by atoms with Crippen molar-refractivity contribution in [1.29, 1.82) is 0 Å². The predicted molar refractivity (Wildman–Crippen MR) is 86.3 cm³/mol. The fourth-order valence-corrected chi connectivity index (χ4v) is 3.86. The normalized spacial score (nSPS) is 20.6. The maximum Gasteiger partial charge on any atom is 0.586 e. The van der Waals surface area contributed by atoms with Gasteiger partial charge in [0.2, 0.25) is 0 Å². The van der Waals surface area contributed by atoms with Crippen LogP contribution in [0.15, 0.2) is 12.1 Å². The summed E-state index contributed by atoms with van der Waals surface area (Å²) in [5, 5.41) is 6.32. The molecular formula is C15H15F2N3O4S. The van der Waals surface area contributed by atoms with Gasteiger partial charge in [-0.25, -0.2) is 4.98 Å². The van der Waals surface area contributed by atoms with Gasteiger partial charge in [-0.2, -0.15) is 0 Å². The van der Waals surface area contributed by atoms with Crippen molar-refractivity contribution in [3.8, 4) is 11.5 Å². The zero-order valence-electron chi connectivity index (χ0n) is 13.2. The molecule has 1 saturated heterocycles. The number of ether oxygens (including phenoxy) is 3. The molecule has 7 nitrogen and oxygen atoms in total. The molecule has 0 aliphatic carbocycles. The summed E-state index contributed by atoms with van der Waals surface area (Å²) in [6, 6.07) is 2.80. The highest BCUT2D eigenvalue weighted by molar-refractivity contribution is 7.22. The number of aromatic nitrogens is 1. The number of nitrogens with zero attached hydrogens (tertiary/aromatic N) is 1. The molecule has 25 heavy (non-hydrogen) atoms. The van der Waals surface area contributed by atoms with Gasteiger partial charge >= 0.3 is 6.29 Å². The van der Waals surface area contributed by atoms with Crippen molar-refractivity contribution in [2.75, 3.05) is 25.5 Å². The summed E-state index contributed by atoms with van der Waals surface area (Å²) < 4.78 is 41.1. The van der Waals surface area contributed by atoms with Crippen LogP contribution in [0.25, 0.3) is 10.2 Å². The first kappa shape index (κ1) is 16.4. The van der Waals surface area contributed by atoms with Crippen molar-refractivity contribution in [2.24, 2.45) is 0 Å². The largest absolute Gasteiger partial charge is 0.586 e. The number of hydrogen-bond acceptors (Lipinski definition) is 7. The topological polar surface area (TPSA) is 81.7 Å². The average Bonchev–Trinajstić information content (AvgIpc) is 3.09. The first-order valence-corrected chi connectivity index (χ1v) is 8.50. The van der Waals surface area contributed by atoms with E-state index in [1.54, 1.807) is 0 Å². The van der Waals surface area contributed by atoms with Gasteiger partial charge in [0.15, 0.2) is 16.6 Å². The average molecular weight is 371 g/mol. The maximum atomic E-state index is 13.1. The minimum Gasteiger partial charge on any atom is -0.395 e. The molecular weight excluding hydrogens is 356 g/mol. The third-order valence-corrected chi connectivity index (χ3v) is 5.28. The van der Waals surface area contributed by atoms with E-state index in [9.17, 15) is 13.6 Å². The molecule has 134 valence electrons. The summed E-state index contributed by atoms with van der Waals surface area (Å²) in [4.78, 5) is 16.9. The minimum atomic E-state index is -3.66. The van der Waals surface area contributed by atoms with Crippen LogP contribution in [0.4, 0.5) is 13.9 Å². The van der Waals surface area contributed by atoms with Crippen LogP contribution in [0.5, 0.6) is 11.5 Å². The monoisotopic (exact) mass is 371 g/mol. The number of methoxy groups -OCH3 is 1. The number of benzene rings is 1. The van der Waals surface area contributed by atoms with Crippen molar-refractivity contribution < 1.29 is 27.8 Å². The van der Waals surface area contributed by atoms with Crippen LogP contribution in [-0.4, -0.2) is 43.0 Å². The molecule has 1 amide bonds. The van der Waals surface area contributed by atoms with E-state index >= 15 is 0 Å². The highest BCUT2D eigenvalue weighted by Gasteiger charge is 2.44. The summed E-state index contributed by atoms with van der Waals surface area (Å²) in [7, 11) is 1.52. The Kier molecular flexibility index (Phi) is 3.78. The maximum absolute atomic E-state index is 13.1. The summed E-state index contributed by atoms with van der Waals surface area (Å²) in [6.45, 7) is 1.38. The summed E-state index contributed by atoms with van der Waals surface area (Å²) in [5.74, 6) is -0.389. The molecule has 1 aromatic carbocycles. The highest BCUT2D eigenvalue weighted by Crippen LogP contribution is 2.44. The number of alkyl halides is 2. The molecule has 2 aromatic rings. The highest BCUT2D eigenvalue weighted by atomic mass is 32.1. The number of nitrogens with one attached hydrogen (secondary N) is 2. The fraction of sp³-hybridized carbons (Fsp3) is 0.467. The molecule has 1 aromatic heterocycles. The SMILES string of the molecule is COC1(C(=O)Nc2nc3cc4c(cc3s2)OC(F)(F)O4)CCNCC1. The Hall–Kier alpha value is -2.04. The Bertz CT molecular complexity index is 791. The minimum absolute atomic E-state index is 0.0502. The van der Waals surface area contributed by atoms with E-state index in [1.807, 2.05) is 0 Å². The molecule has 2 N–H and O–H groups in total. The number of fused-ring (bicyclic) bond motifs is 2. The van der Waals surface area contributed by atoms with Crippen molar-refractivity contribution in [1.82, 2.24) is 10.3 Å². The van der Waals surface area contributed by atoms with Crippen LogP contribution >= 0.6 is 11.3 Å². The quantitative estimate of drug-likeness (QED) is 0.862. The molecule has 4 rings (SSSR count). The van der Waals surface area contributed by atoms with Crippen molar-refractivity contribution in [3.05, 3.63) is 12.1 Å². The van der Waals surface area contributed by atoms with Crippen molar-refractivity contribution in [2.45, 2.75) is 24.7 Å². The Balaban J connectivity index is 1.58. The third-order valence-electron chi connectivity index (χ3n) is 4.35. The second-order valence-corrected chi connectivity index (χ2v) is 6.89. The summed E-state index contributed by atoms with van der Waals surface area (Å²) in [5.41, 5.74) is -0.448. The Labute approximate surface area is 145 Å². The first-order chi connectivity index (χ1) is 11.9. The van der Waals surface area contributed by atoms with Gasteiger partial charge in [-0.05, 0) is 25.9 Å². The second kappa shape index (κ2) is 5.75. The number of piperidine rings is 1. The second-order valence-electron chi connectivity index (χ2n) is 5.86. The number of thiazole rings is 1. The van der Waals surface area contributed by atoms with Gasteiger partial charge in [0, 0.05) is 19.2 Å². The van der Waals surface area contributed by atoms with Crippen LogP contribution in [0, 0.1) is 0 Å². The summed E-state index contributed by atoms with van der Waals surface area (Å²) >= 11 is 1.17. The molecule has 0 radical (unpaired) electrons. The third kappa shape index (κ3) is 2.90. The number of rotatable bonds is 3. The van der Waals surface area contributed by atoms with Gasteiger partial charge in [0.1, 0.15) is 5.60 Å². The number of halogens is 2. The van der Waals surface area contributed by atoms with Gasteiger partial charge in [-0.3, -0.25) is 10.1 Å². The van der Waals surface area contributed by atoms with E-state index < -0.39 is 11.9 Å². The Morgan fingerprint density at radius 2 is 2.00 bits per heavy atom. The molecule has 0 saturated carbocycles. The van der Waals surface area contributed by atoms with Gasteiger partial charge < -0.3 is 19.5 Å². The smallest absolute Gasteiger partial charge is 0.395 e. The number of amides is 1. The standard InChI is InChI=1S/C15H15F2N3O4S/c1-22-14(2-4-18-5-3-14)12(21)20-13-19-8-6-9-10(7-11(8)25-13)24-15(16,17)23-9/h6-7,18H,2-5H2,1H3,(H,19,20,21). The van der Waals surface area contributed by atoms with Gasteiger partial charge in [0.25, 0.3) is 5.91 Å². The molecule has 3 heterocycles. The first-order valence-electron chi connectivity index (χ1n) is 7.69. The molecule has 0 spiro atoms. The molecule has 0 unspecified atom stereocenters. The zero-order chi connectivity index (χ0) is 17.7. The fourth-order valence-electron chi connectivity index (χ4n) is 2.99. The van der Waals surface area contributed by atoms with Crippen LogP contribution in [-0.2, 0) is 9.53 Å². The predicted octanol–water partition coefficient (Wildman–Crippen LogP) is 2.32. The summed E-state index contributed by atoms with van der Waals surface area (Å²) in [6.07, 6.45) is -2.54. The van der Waals surface area contributed by atoms with Crippen LogP contribution in [0.3, 0.4) is 0 Å². The lowest BCUT2D eigenvalue weighted by molar-refractivity contribution is -0.286. The van der Waals surface area contributed by atoms with Gasteiger partial charge in [-0.1, -0.05) is 11.3 Å². The van der Waals surface area contributed by atoms with Crippen LogP contribution < -0.4 is 20.1 Å². The van der Waals surface area contributed by atoms with Crippen LogP contribution in [0.1, 0.15) is 12.8 Å². The lowest BCUT2D eigenvalue weighted by Gasteiger charge is -2.34. The number of carbonyl (C=O) groups is 1. The van der Waals surface area contributed by atoms with Crippen molar-refractivity contribution in [3.63, 3.8) is 0 Å². The molecule has 0 bridgehead atoms. The lowest BCUT2D eigenvalue weighted by Crippen LogP contribution is -2.51. The van der Waals surface area contributed by atoms with Gasteiger partial charge in [0.05, 0.1) is 10.2 Å². The lowest BCUT2D eigenvalue weighted by atomic mass is 9.91. The zero-order valence-corrected chi connectivity index (χ0v) is 14.0. The Morgan fingerprint density at radius 1 is 1.32 bits per heavy atom. The molecule has 2 aliphatic rings. The molecule has 10 heteroatoms.